The highest BCUT2D eigenvalue weighted by atomic mass is 19.3. The highest BCUT2D eigenvalue weighted by molar-refractivity contribution is 5.95. The van der Waals surface area contributed by atoms with E-state index >= 15 is 0 Å². The second-order valence-electron chi connectivity index (χ2n) is 4.66. The van der Waals surface area contributed by atoms with E-state index in [1.54, 1.807) is 23.9 Å². The van der Waals surface area contributed by atoms with Crippen LogP contribution in [0.25, 0.3) is 10.9 Å². The summed E-state index contributed by atoms with van der Waals surface area (Å²) in [6, 6.07) is 3.22. The summed E-state index contributed by atoms with van der Waals surface area (Å²) in [5.74, 6) is -2.55. The normalized spacial score (nSPS) is 13.7. The van der Waals surface area contributed by atoms with Crippen LogP contribution in [0, 0.1) is 0 Å². The minimum atomic E-state index is -3.05. The third-order valence-corrected chi connectivity index (χ3v) is 3.21. The first kappa shape index (κ1) is 14.5. The lowest BCUT2D eigenvalue weighted by atomic mass is 10.0. The summed E-state index contributed by atoms with van der Waals surface area (Å²) in [6.45, 7) is 0.803. The molecular weight excluding hydrogens is 268 g/mol. The van der Waals surface area contributed by atoms with Crippen molar-refractivity contribution < 1.29 is 18.3 Å². The van der Waals surface area contributed by atoms with Gasteiger partial charge in [0.15, 0.2) is 5.82 Å². The Hall–Kier alpha value is -1.89. The Morgan fingerprint density at radius 2 is 2.00 bits per heavy atom. The van der Waals surface area contributed by atoms with Crippen molar-refractivity contribution >= 4 is 16.7 Å². The topological polar surface area (TPSA) is 62.3 Å². The van der Waals surface area contributed by atoms with Crippen molar-refractivity contribution in [1.82, 2.24) is 9.78 Å². The first-order valence-corrected chi connectivity index (χ1v) is 6.01. The van der Waals surface area contributed by atoms with Crippen LogP contribution in [0.15, 0.2) is 12.1 Å². The summed E-state index contributed by atoms with van der Waals surface area (Å²) < 4.78 is 39.1. The molecule has 2 rings (SSSR count). The van der Waals surface area contributed by atoms with Crippen molar-refractivity contribution in [1.29, 1.82) is 0 Å². The molecule has 0 aliphatic heterocycles. The zero-order valence-electron chi connectivity index (χ0n) is 11.8. The molecule has 0 saturated carbocycles. The molecule has 1 atom stereocenters. The quantitative estimate of drug-likeness (QED) is 0.937. The van der Waals surface area contributed by atoms with Gasteiger partial charge in [0.2, 0.25) is 0 Å². The number of halogens is 2. The highest BCUT2D eigenvalue weighted by Crippen LogP contribution is 2.42. The van der Waals surface area contributed by atoms with Crippen LogP contribution in [0.5, 0.6) is 5.75 Å². The summed E-state index contributed by atoms with van der Waals surface area (Å²) in [6.07, 6.45) is -1.42. The number of alkyl halides is 2. The van der Waals surface area contributed by atoms with E-state index in [-0.39, 0.29) is 17.1 Å². The molecule has 1 aromatic heterocycles. The summed E-state index contributed by atoms with van der Waals surface area (Å²) in [7, 11) is 4.36. The van der Waals surface area contributed by atoms with Gasteiger partial charge in [-0.15, -0.1) is 0 Å². The number of fused-ring (bicyclic) bond motifs is 1. The Balaban J connectivity index is 2.74. The number of nitrogens with zero attached hydrogens (tertiary/aromatic N) is 2. The van der Waals surface area contributed by atoms with Gasteiger partial charge >= 0.3 is 0 Å². The monoisotopic (exact) mass is 285 g/mol. The minimum Gasteiger partial charge on any atom is -0.496 e. The summed E-state index contributed by atoms with van der Waals surface area (Å²) in [5.41, 5.74) is 6.78. The van der Waals surface area contributed by atoms with Gasteiger partial charge in [0, 0.05) is 26.6 Å². The van der Waals surface area contributed by atoms with Gasteiger partial charge in [-0.2, -0.15) is 5.10 Å². The Bertz CT molecular complexity index is 635. The van der Waals surface area contributed by atoms with Crippen molar-refractivity contribution in [3.8, 4) is 5.75 Å². The lowest BCUT2D eigenvalue weighted by molar-refractivity contribution is -0.114. The summed E-state index contributed by atoms with van der Waals surface area (Å²) >= 11 is 0. The summed E-state index contributed by atoms with van der Waals surface area (Å²) in [5, 5.41) is 4.59. The molecule has 110 valence electrons. The lowest BCUT2D eigenvalue weighted by Gasteiger charge is -2.24. The Kier molecular flexibility index (Phi) is 3.56. The van der Waals surface area contributed by atoms with Crippen LogP contribution in [-0.2, 0) is 11.8 Å². The van der Waals surface area contributed by atoms with E-state index in [9.17, 15) is 8.78 Å². The molecule has 0 fully saturated rings. The standard InChI is InChI=1S/C13H17F2N3O2/c1-13(14,15)11(20-4)7-5-6-8-9(10(7)19-3)12(16)17-18(8)2/h5-6,11H,1-4H3,(H2,16,17). The van der Waals surface area contributed by atoms with Gasteiger partial charge in [-0.25, -0.2) is 8.78 Å². The van der Waals surface area contributed by atoms with E-state index in [2.05, 4.69) is 5.10 Å². The van der Waals surface area contributed by atoms with Crippen LogP contribution in [-0.4, -0.2) is 29.9 Å². The Morgan fingerprint density at radius 1 is 1.35 bits per heavy atom. The maximum absolute atomic E-state index is 13.7. The van der Waals surface area contributed by atoms with E-state index in [0.29, 0.717) is 10.9 Å². The average Bonchev–Trinajstić information content (AvgIpc) is 2.64. The molecule has 0 aliphatic rings. The van der Waals surface area contributed by atoms with E-state index in [0.717, 1.165) is 6.92 Å². The molecule has 5 nitrogen and oxygen atoms in total. The molecule has 1 aromatic carbocycles. The zero-order chi connectivity index (χ0) is 15.1. The molecule has 0 amide bonds. The molecule has 0 aliphatic carbocycles. The van der Waals surface area contributed by atoms with Crippen molar-refractivity contribution in [3.05, 3.63) is 17.7 Å². The van der Waals surface area contributed by atoms with Crippen molar-refractivity contribution in [3.63, 3.8) is 0 Å². The number of nitrogens with two attached hydrogens (primary N) is 1. The van der Waals surface area contributed by atoms with Gasteiger partial charge in [-0.1, -0.05) is 6.07 Å². The maximum Gasteiger partial charge on any atom is 0.275 e. The second-order valence-corrected chi connectivity index (χ2v) is 4.66. The van der Waals surface area contributed by atoms with E-state index in [1.807, 2.05) is 0 Å². The van der Waals surface area contributed by atoms with Crippen LogP contribution in [0.2, 0.25) is 0 Å². The van der Waals surface area contributed by atoms with Crippen LogP contribution in [0.4, 0.5) is 14.6 Å². The molecule has 2 aromatic rings. The number of hydrogen-bond acceptors (Lipinski definition) is 4. The number of rotatable bonds is 4. The fraction of sp³-hybridized carbons (Fsp3) is 0.462. The molecular formula is C13H17F2N3O2. The number of aryl methyl sites for hydroxylation is 1. The van der Waals surface area contributed by atoms with Crippen LogP contribution in [0.1, 0.15) is 18.6 Å². The van der Waals surface area contributed by atoms with Gasteiger partial charge in [-0.05, 0) is 6.07 Å². The van der Waals surface area contributed by atoms with Gasteiger partial charge < -0.3 is 15.2 Å². The van der Waals surface area contributed by atoms with Crippen molar-refractivity contribution in [2.75, 3.05) is 20.0 Å². The molecule has 0 saturated heterocycles. The SMILES string of the molecule is COc1c(C(OC)C(C)(F)F)ccc2c1c(N)nn2C. The molecule has 20 heavy (non-hydrogen) atoms. The predicted molar refractivity (Wildman–Crippen MR) is 72.0 cm³/mol. The lowest BCUT2D eigenvalue weighted by Crippen LogP contribution is -2.24. The number of hydrogen-bond donors (Lipinski definition) is 1. The first-order valence-electron chi connectivity index (χ1n) is 6.01. The average molecular weight is 285 g/mol. The van der Waals surface area contributed by atoms with Gasteiger partial charge in [0.05, 0.1) is 18.0 Å². The van der Waals surface area contributed by atoms with Crippen LogP contribution < -0.4 is 10.5 Å². The molecule has 1 heterocycles. The Labute approximate surface area is 115 Å². The maximum atomic E-state index is 13.7. The number of anilines is 1. The van der Waals surface area contributed by atoms with Gasteiger partial charge in [-0.3, -0.25) is 4.68 Å². The number of methoxy groups -OCH3 is 2. The first-order chi connectivity index (χ1) is 9.31. The third-order valence-electron chi connectivity index (χ3n) is 3.21. The largest absolute Gasteiger partial charge is 0.496 e. The second kappa shape index (κ2) is 4.90. The fourth-order valence-electron chi connectivity index (χ4n) is 2.40. The van der Waals surface area contributed by atoms with Crippen molar-refractivity contribution in [2.24, 2.45) is 7.05 Å². The Morgan fingerprint density at radius 3 is 2.50 bits per heavy atom. The molecule has 2 N–H and O–H groups in total. The number of benzene rings is 1. The molecule has 0 spiro atoms. The number of nitrogen functional groups attached to an aromatic ring is 1. The van der Waals surface area contributed by atoms with E-state index in [1.165, 1.54) is 14.2 Å². The van der Waals surface area contributed by atoms with Crippen LogP contribution >= 0.6 is 0 Å². The number of ether oxygens (including phenoxy) is 2. The zero-order valence-corrected chi connectivity index (χ0v) is 11.8. The van der Waals surface area contributed by atoms with E-state index in [4.69, 9.17) is 15.2 Å². The minimum absolute atomic E-state index is 0.232. The molecule has 0 radical (unpaired) electrons. The number of aromatic nitrogens is 2. The molecule has 1 unspecified atom stereocenters. The van der Waals surface area contributed by atoms with Gasteiger partial charge in [0.25, 0.3) is 5.92 Å². The van der Waals surface area contributed by atoms with Crippen molar-refractivity contribution in [2.45, 2.75) is 19.0 Å². The van der Waals surface area contributed by atoms with E-state index < -0.39 is 12.0 Å². The summed E-state index contributed by atoms with van der Waals surface area (Å²) in [4.78, 5) is 0. The molecule has 7 heteroatoms. The highest BCUT2D eigenvalue weighted by Gasteiger charge is 2.38. The van der Waals surface area contributed by atoms with Gasteiger partial charge in [0.1, 0.15) is 11.9 Å². The predicted octanol–water partition coefficient (Wildman–Crippen LogP) is 2.51. The third kappa shape index (κ3) is 2.18. The molecule has 0 bridgehead atoms. The smallest absolute Gasteiger partial charge is 0.275 e. The fourth-order valence-corrected chi connectivity index (χ4v) is 2.40. The van der Waals surface area contributed by atoms with Crippen LogP contribution in [0.3, 0.4) is 0 Å².